The Morgan fingerprint density at radius 2 is 1.86 bits per heavy atom. The van der Waals surface area contributed by atoms with Crippen LogP contribution in [0.2, 0.25) is 0 Å². The fourth-order valence-corrected chi connectivity index (χ4v) is 2.79. The van der Waals surface area contributed by atoms with Gasteiger partial charge in [-0.15, -0.1) is 0 Å². The van der Waals surface area contributed by atoms with E-state index < -0.39 is 48.5 Å². The van der Waals surface area contributed by atoms with Crippen molar-refractivity contribution >= 4 is 29.8 Å². The lowest BCUT2D eigenvalue weighted by Crippen LogP contribution is -2.45. The molecule has 0 unspecified atom stereocenters. The fraction of sp³-hybridized carbons (Fsp3) is 0.421. The Hall–Kier alpha value is -3.43. The van der Waals surface area contributed by atoms with Crippen LogP contribution in [0.3, 0.4) is 0 Å². The van der Waals surface area contributed by atoms with Gasteiger partial charge < -0.3 is 15.4 Å². The van der Waals surface area contributed by atoms with Crippen molar-refractivity contribution in [2.45, 2.75) is 32.2 Å². The lowest BCUT2D eigenvalue weighted by atomic mass is 9.93. The molecule has 0 aromatic heterocycles. The molecule has 0 spiro atoms. The third-order valence-corrected chi connectivity index (χ3v) is 4.34. The molecule has 29 heavy (non-hydrogen) atoms. The number of amides is 6. The highest BCUT2D eigenvalue weighted by molar-refractivity contribution is 6.08. The SMILES string of the molecule is CCNC(=O)NC(=O)COC(=O)CN1C(=O)N[C@](C)(CCc2ccccc2)C1=O. The molecule has 10 nitrogen and oxygen atoms in total. The molecule has 0 radical (unpaired) electrons. The quantitative estimate of drug-likeness (QED) is 0.422. The number of hydrogen-bond donors (Lipinski definition) is 3. The van der Waals surface area contributed by atoms with Crippen LogP contribution in [0.5, 0.6) is 0 Å². The number of nitrogens with zero attached hydrogens (tertiary/aromatic N) is 1. The first kappa shape index (κ1) is 21.9. The molecule has 0 saturated carbocycles. The highest BCUT2D eigenvalue weighted by Crippen LogP contribution is 2.23. The van der Waals surface area contributed by atoms with Crippen molar-refractivity contribution < 1.29 is 28.7 Å². The van der Waals surface area contributed by atoms with Crippen molar-refractivity contribution in [1.29, 1.82) is 0 Å². The molecule has 1 atom stereocenters. The van der Waals surface area contributed by atoms with E-state index in [0.29, 0.717) is 19.4 Å². The zero-order valence-corrected chi connectivity index (χ0v) is 16.3. The standard InChI is InChI=1S/C19H24N4O6/c1-3-20-17(27)21-14(24)12-29-15(25)11-23-16(26)19(2,22-18(23)28)10-9-13-7-5-4-6-8-13/h4-8H,3,9-12H2,1-2H3,(H,22,28)(H2,20,21,24,27)/t19-/m1/s1. The van der Waals surface area contributed by atoms with E-state index in [1.807, 2.05) is 35.6 Å². The minimum atomic E-state index is -1.14. The lowest BCUT2D eigenvalue weighted by molar-refractivity contribution is -0.150. The second-order valence-electron chi connectivity index (χ2n) is 6.71. The maximum atomic E-state index is 12.7. The molecule has 6 amide bonds. The van der Waals surface area contributed by atoms with Crippen LogP contribution in [0.1, 0.15) is 25.8 Å². The topological polar surface area (TPSA) is 134 Å². The zero-order valence-electron chi connectivity index (χ0n) is 16.3. The van der Waals surface area contributed by atoms with Crippen molar-refractivity contribution in [3.8, 4) is 0 Å². The van der Waals surface area contributed by atoms with E-state index in [1.165, 1.54) is 0 Å². The molecule has 1 aromatic rings. The molecular formula is C19H24N4O6. The van der Waals surface area contributed by atoms with E-state index in [2.05, 4.69) is 10.6 Å². The van der Waals surface area contributed by atoms with Crippen molar-refractivity contribution in [1.82, 2.24) is 20.9 Å². The van der Waals surface area contributed by atoms with E-state index in [1.54, 1.807) is 13.8 Å². The van der Waals surface area contributed by atoms with Gasteiger partial charge in [-0.05, 0) is 32.3 Å². The second-order valence-corrected chi connectivity index (χ2v) is 6.71. The van der Waals surface area contributed by atoms with Gasteiger partial charge in [-0.25, -0.2) is 9.59 Å². The van der Waals surface area contributed by atoms with Gasteiger partial charge in [0.15, 0.2) is 6.61 Å². The number of hydrogen-bond acceptors (Lipinski definition) is 6. The van der Waals surface area contributed by atoms with Gasteiger partial charge in [0.2, 0.25) is 0 Å². The summed E-state index contributed by atoms with van der Waals surface area (Å²) in [5.41, 5.74) is -0.116. The number of carbonyl (C=O) groups excluding carboxylic acids is 5. The highest BCUT2D eigenvalue weighted by Gasteiger charge is 2.48. The van der Waals surface area contributed by atoms with Crippen molar-refractivity contribution in [3.05, 3.63) is 35.9 Å². The molecular weight excluding hydrogens is 380 g/mol. The Morgan fingerprint density at radius 3 is 2.52 bits per heavy atom. The van der Waals surface area contributed by atoms with Gasteiger partial charge in [-0.1, -0.05) is 30.3 Å². The molecule has 2 rings (SSSR count). The number of carbonyl (C=O) groups is 5. The first-order valence-corrected chi connectivity index (χ1v) is 9.16. The lowest BCUT2D eigenvalue weighted by Gasteiger charge is -2.21. The summed E-state index contributed by atoms with van der Waals surface area (Å²) >= 11 is 0. The number of ether oxygens (including phenoxy) is 1. The molecule has 1 aromatic carbocycles. The Kier molecular flexibility index (Phi) is 7.29. The summed E-state index contributed by atoms with van der Waals surface area (Å²) < 4.78 is 4.73. The van der Waals surface area contributed by atoms with Crippen LogP contribution >= 0.6 is 0 Å². The van der Waals surface area contributed by atoms with Gasteiger partial charge in [0.05, 0.1) is 0 Å². The van der Waals surface area contributed by atoms with E-state index in [0.717, 1.165) is 10.5 Å². The fourth-order valence-electron chi connectivity index (χ4n) is 2.79. The van der Waals surface area contributed by atoms with Crippen LogP contribution in [0.25, 0.3) is 0 Å². The molecule has 1 saturated heterocycles. The van der Waals surface area contributed by atoms with Gasteiger partial charge in [0.25, 0.3) is 11.8 Å². The van der Waals surface area contributed by atoms with Crippen molar-refractivity contribution in [2.75, 3.05) is 19.7 Å². The molecule has 10 heteroatoms. The summed E-state index contributed by atoms with van der Waals surface area (Å²) in [5.74, 6) is -2.30. The van der Waals surface area contributed by atoms with Gasteiger partial charge in [0.1, 0.15) is 12.1 Å². The average molecular weight is 404 g/mol. The predicted octanol–water partition coefficient (Wildman–Crippen LogP) is 0.319. The number of rotatable bonds is 8. The minimum absolute atomic E-state index is 0.328. The maximum Gasteiger partial charge on any atom is 0.326 e. The zero-order chi connectivity index (χ0) is 21.4. The molecule has 3 N–H and O–H groups in total. The van der Waals surface area contributed by atoms with Crippen LogP contribution < -0.4 is 16.0 Å². The number of imide groups is 2. The summed E-state index contributed by atoms with van der Waals surface area (Å²) in [7, 11) is 0. The Labute approximate surface area is 168 Å². The number of aryl methyl sites for hydroxylation is 1. The third-order valence-electron chi connectivity index (χ3n) is 4.34. The van der Waals surface area contributed by atoms with Gasteiger partial charge in [0, 0.05) is 6.54 Å². The van der Waals surface area contributed by atoms with Gasteiger partial charge >= 0.3 is 18.0 Å². The monoisotopic (exact) mass is 404 g/mol. The van der Waals surface area contributed by atoms with Crippen LogP contribution in [0.4, 0.5) is 9.59 Å². The highest BCUT2D eigenvalue weighted by atomic mass is 16.5. The van der Waals surface area contributed by atoms with E-state index >= 15 is 0 Å². The molecule has 0 bridgehead atoms. The van der Waals surface area contributed by atoms with Crippen molar-refractivity contribution in [3.63, 3.8) is 0 Å². The van der Waals surface area contributed by atoms with E-state index in [-0.39, 0.29) is 0 Å². The van der Waals surface area contributed by atoms with Crippen LogP contribution in [-0.2, 0) is 25.5 Å². The number of esters is 1. The molecule has 156 valence electrons. The van der Waals surface area contributed by atoms with Crippen LogP contribution in [0, 0.1) is 0 Å². The Morgan fingerprint density at radius 1 is 1.17 bits per heavy atom. The number of urea groups is 2. The smallest absolute Gasteiger partial charge is 0.326 e. The summed E-state index contributed by atoms with van der Waals surface area (Å²) in [6, 6.07) is 8.09. The predicted molar refractivity (Wildman–Crippen MR) is 102 cm³/mol. The number of benzene rings is 1. The van der Waals surface area contributed by atoms with Crippen LogP contribution in [-0.4, -0.2) is 60.0 Å². The maximum absolute atomic E-state index is 12.7. The summed E-state index contributed by atoms with van der Waals surface area (Å²) in [4.78, 5) is 60.2. The van der Waals surface area contributed by atoms with Gasteiger partial charge in [-0.3, -0.25) is 24.6 Å². The summed E-state index contributed by atoms with van der Waals surface area (Å²) in [5, 5.41) is 6.92. The summed E-state index contributed by atoms with van der Waals surface area (Å²) in [6.45, 7) is 2.27. The Balaban J connectivity index is 1.85. The molecule has 1 aliphatic heterocycles. The van der Waals surface area contributed by atoms with E-state index in [9.17, 15) is 24.0 Å². The minimum Gasteiger partial charge on any atom is -0.454 e. The molecule has 1 fully saturated rings. The molecule has 1 heterocycles. The summed E-state index contributed by atoms with van der Waals surface area (Å²) in [6.07, 6.45) is 0.934. The first-order valence-electron chi connectivity index (χ1n) is 9.16. The van der Waals surface area contributed by atoms with Crippen LogP contribution in [0.15, 0.2) is 30.3 Å². The Bertz CT molecular complexity index is 797. The molecule has 0 aliphatic carbocycles. The third kappa shape index (κ3) is 6.03. The normalized spacial score (nSPS) is 18.2. The first-order chi connectivity index (χ1) is 13.7. The van der Waals surface area contributed by atoms with E-state index in [4.69, 9.17) is 4.74 Å². The van der Waals surface area contributed by atoms with Gasteiger partial charge in [-0.2, -0.15) is 0 Å². The average Bonchev–Trinajstić information content (AvgIpc) is 2.89. The second kappa shape index (κ2) is 9.67. The van der Waals surface area contributed by atoms with Crippen molar-refractivity contribution in [2.24, 2.45) is 0 Å². The number of nitrogens with one attached hydrogen (secondary N) is 3. The largest absolute Gasteiger partial charge is 0.454 e. The molecule has 1 aliphatic rings.